The first-order valence-electron chi connectivity index (χ1n) is 6.78. The molecule has 0 saturated heterocycles. The lowest BCUT2D eigenvalue weighted by molar-refractivity contribution is -0.123. The molecule has 0 unspecified atom stereocenters. The first-order chi connectivity index (χ1) is 9.19. The molecule has 1 aliphatic carbocycles. The van der Waals surface area contributed by atoms with Crippen LogP contribution in [0.15, 0.2) is 12.1 Å². The molecule has 19 heavy (non-hydrogen) atoms. The second-order valence-electron chi connectivity index (χ2n) is 4.79. The monoisotopic (exact) mass is 263 g/mol. The molecule has 104 valence electrons. The largest absolute Gasteiger partial charge is 0.482 e. The van der Waals surface area contributed by atoms with Gasteiger partial charge < -0.3 is 15.4 Å². The van der Waals surface area contributed by atoms with E-state index in [1.165, 1.54) is 12.8 Å². The fourth-order valence-corrected chi connectivity index (χ4v) is 1.78. The Morgan fingerprint density at radius 3 is 2.95 bits per heavy atom. The highest BCUT2D eigenvalue weighted by Crippen LogP contribution is 2.22. The molecule has 1 amide bonds. The zero-order valence-corrected chi connectivity index (χ0v) is 11.5. The molecule has 1 aromatic rings. The number of carbonyl (C=O) groups excluding carboxylic acids is 1. The Kier molecular flexibility index (Phi) is 4.74. The van der Waals surface area contributed by atoms with E-state index in [1.54, 1.807) is 0 Å². The van der Waals surface area contributed by atoms with Gasteiger partial charge in [0.2, 0.25) is 0 Å². The van der Waals surface area contributed by atoms with E-state index >= 15 is 0 Å². The van der Waals surface area contributed by atoms with Crippen molar-refractivity contribution < 1.29 is 9.53 Å². The molecule has 0 radical (unpaired) electrons. The first kappa shape index (κ1) is 13.8. The molecule has 0 spiro atoms. The fourth-order valence-electron chi connectivity index (χ4n) is 1.78. The predicted octanol–water partition coefficient (Wildman–Crippen LogP) is 1.16. The van der Waals surface area contributed by atoms with E-state index in [1.807, 2.05) is 26.0 Å². The van der Waals surface area contributed by atoms with Crippen LogP contribution in [0, 0.1) is 6.92 Å². The van der Waals surface area contributed by atoms with E-state index in [0.29, 0.717) is 24.9 Å². The van der Waals surface area contributed by atoms with Crippen LogP contribution in [0.2, 0.25) is 0 Å². The molecule has 1 aliphatic rings. The average Bonchev–Trinajstić information content (AvgIpc) is 3.19. The number of nitrogens with one attached hydrogen (secondary N) is 2. The van der Waals surface area contributed by atoms with Gasteiger partial charge in [-0.1, -0.05) is 0 Å². The number of aromatic nitrogens is 1. The number of hydrogen-bond acceptors (Lipinski definition) is 4. The number of hydrogen-bond donors (Lipinski definition) is 2. The van der Waals surface area contributed by atoms with Crippen LogP contribution in [0.3, 0.4) is 0 Å². The zero-order valence-electron chi connectivity index (χ0n) is 11.5. The number of ether oxygens (including phenoxy) is 1. The van der Waals surface area contributed by atoms with Crippen molar-refractivity contribution in [3.63, 3.8) is 0 Å². The van der Waals surface area contributed by atoms with Crippen molar-refractivity contribution in [1.29, 1.82) is 0 Å². The summed E-state index contributed by atoms with van der Waals surface area (Å²) in [4.78, 5) is 15.9. The lowest BCUT2D eigenvalue weighted by atomic mass is 10.3. The van der Waals surface area contributed by atoms with Gasteiger partial charge in [0.15, 0.2) is 6.61 Å². The molecular weight excluding hydrogens is 242 g/mol. The minimum absolute atomic E-state index is 0.0367. The maximum Gasteiger partial charge on any atom is 0.257 e. The van der Waals surface area contributed by atoms with E-state index in [4.69, 9.17) is 4.74 Å². The van der Waals surface area contributed by atoms with Gasteiger partial charge in [0.1, 0.15) is 5.75 Å². The van der Waals surface area contributed by atoms with Gasteiger partial charge in [-0.2, -0.15) is 0 Å². The summed E-state index contributed by atoms with van der Waals surface area (Å²) in [5.41, 5.74) is 1.83. The lowest BCUT2D eigenvalue weighted by Crippen LogP contribution is -2.28. The van der Waals surface area contributed by atoms with Gasteiger partial charge >= 0.3 is 0 Å². The molecule has 0 aromatic carbocycles. The standard InChI is InChI=1S/C14H21N3O2/c1-3-15-14(18)9-19-13-7-4-10(2)17-12(13)8-16-11-5-6-11/h4,7,11,16H,3,5-6,8-9H2,1-2H3,(H,15,18). The van der Waals surface area contributed by atoms with Crippen molar-refractivity contribution in [2.24, 2.45) is 0 Å². The molecular formula is C14H21N3O2. The Hall–Kier alpha value is -1.62. The molecule has 5 nitrogen and oxygen atoms in total. The topological polar surface area (TPSA) is 63.2 Å². The van der Waals surface area contributed by atoms with Gasteiger partial charge in [-0.25, -0.2) is 0 Å². The van der Waals surface area contributed by atoms with E-state index < -0.39 is 0 Å². The molecule has 2 rings (SSSR count). The molecule has 1 saturated carbocycles. The van der Waals surface area contributed by atoms with E-state index in [9.17, 15) is 4.79 Å². The normalized spacial score (nSPS) is 14.2. The number of nitrogens with zero attached hydrogens (tertiary/aromatic N) is 1. The highest BCUT2D eigenvalue weighted by Gasteiger charge is 2.21. The summed E-state index contributed by atoms with van der Waals surface area (Å²) >= 11 is 0. The number of rotatable bonds is 7. The van der Waals surface area contributed by atoms with Crippen molar-refractivity contribution >= 4 is 5.91 Å². The van der Waals surface area contributed by atoms with Crippen LogP contribution >= 0.6 is 0 Å². The number of amides is 1. The van der Waals surface area contributed by atoms with Crippen molar-refractivity contribution in [1.82, 2.24) is 15.6 Å². The quantitative estimate of drug-likeness (QED) is 0.775. The highest BCUT2D eigenvalue weighted by molar-refractivity contribution is 5.77. The molecule has 2 N–H and O–H groups in total. The smallest absolute Gasteiger partial charge is 0.257 e. The van der Waals surface area contributed by atoms with Crippen LogP contribution < -0.4 is 15.4 Å². The molecule has 1 aromatic heterocycles. The third-order valence-electron chi connectivity index (χ3n) is 2.94. The Labute approximate surface area is 113 Å². The second-order valence-corrected chi connectivity index (χ2v) is 4.79. The van der Waals surface area contributed by atoms with Crippen molar-refractivity contribution in [2.45, 2.75) is 39.3 Å². The summed E-state index contributed by atoms with van der Waals surface area (Å²) in [5, 5.41) is 6.12. The van der Waals surface area contributed by atoms with Gasteiger partial charge in [0.05, 0.1) is 5.69 Å². The average molecular weight is 263 g/mol. The van der Waals surface area contributed by atoms with Crippen molar-refractivity contribution in [2.75, 3.05) is 13.2 Å². The highest BCUT2D eigenvalue weighted by atomic mass is 16.5. The Balaban J connectivity index is 1.94. The Morgan fingerprint density at radius 2 is 2.26 bits per heavy atom. The van der Waals surface area contributed by atoms with Crippen molar-refractivity contribution in [3.05, 3.63) is 23.5 Å². The van der Waals surface area contributed by atoms with Gasteiger partial charge in [-0.15, -0.1) is 0 Å². The summed E-state index contributed by atoms with van der Waals surface area (Å²) in [6, 6.07) is 4.40. The summed E-state index contributed by atoms with van der Waals surface area (Å²) in [5.74, 6) is 0.578. The third-order valence-corrected chi connectivity index (χ3v) is 2.94. The Bertz CT molecular complexity index is 444. The maximum atomic E-state index is 11.4. The third kappa shape index (κ3) is 4.52. The second kappa shape index (κ2) is 6.52. The van der Waals surface area contributed by atoms with Gasteiger partial charge in [0, 0.05) is 24.8 Å². The van der Waals surface area contributed by atoms with Crippen LogP contribution in [0.25, 0.3) is 0 Å². The van der Waals surface area contributed by atoms with Crippen LogP contribution in [-0.4, -0.2) is 30.1 Å². The minimum Gasteiger partial charge on any atom is -0.482 e. The SMILES string of the molecule is CCNC(=O)COc1ccc(C)nc1CNC1CC1. The van der Waals surface area contributed by atoms with Crippen LogP contribution in [-0.2, 0) is 11.3 Å². The summed E-state index contributed by atoms with van der Waals surface area (Å²) in [6.45, 7) is 5.18. The Morgan fingerprint density at radius 1 is 1.47 bits per heavy atom. The molecule has 1 heterocycles. The molecule has 5 heteroatoms. The van der Waals surface area contributed by atoms with E-state index in [2.05, 4.69) is 15.6 Å². The maximum absolute atomic E-state index is 11.4. The fraction of sp³-hybridized carbons (Fsp3) is 0.571. The molecule has 0 atom stereocenters. The summed E-state index contributed by atoms with van der Waals surface area (Å²) < 4.78 is 5.54. The molecule has 1 fully saturated rings. The van der Waals surface area contributed by atoms with Crippen molar-refractivity contribution in [3.8, 4) is 5.75 Å². The van der Waals surface area contributed by atoms with Crippen LogP contribution in [0.5, 0.6) is 5.75 Å². The van der Waals surface area contributed by atoms with Gasteiger partial charge in [-0.3, -0.25) is 9.78 Å². The number of pyridine rings is 1. The number of aryl methyl sites for hydroxylation is 1. The number of likely N-dealkylation sites (N-methyl/N-ethyl adjacent to an activating group) is 1. The minimum atomic E-state index is -0.107. The van der Waals surface area contributed by atoms with Gasteiger partial charge in [-0.05, 0) is 38.8 Å². The van der Waals surface area contributed by atoms with Crippen LogP contribution in [0.1, 0.15) is 31.2 Å². The zero-order chi connectivity index (χ0) is 13.7. The first-order valence-corrected chi connectivity index (χ1v) is 6.78. The molecule has 0 aliphatic heterocycles. The predicted molar refractivity (Wildman–Crippen MR) is 73.0 cm³/mol. The number of carbonyl (C=O) groups is 1. The summed E-state index contributed by atoms with van der Waals surface area (Å²) in [6.07, 6.45) is 2.47. The summed E-state index contributed by atoms with van der Waals surface area (Å²) in [7, 11) is 0. The van der Waals surface area contributed by atoms with E-state index in [-0.39, 0.29) is 12.5 Å². The van der Waals surface area contributed by atoms with Gasteiger partial charge in [0.25, 0.3) is 5.91 Å². The molecule has 0 bridgehead atoms. The van der Waals surface area contributed by atoms with Crippen LogP contribution in [0.4, 0.5) is 0 Å². The lowest BCUT2D eigenvalue weighted by Gasteiger charge is -2.12. The van der Waals surface area contributed by atoms with E-state index in [0.717, 1.165) is 11.4 Å².